The van der Waals surface area contributed by atoms with E-state index in [9.17, 15) is 8.78 Å². The van der Waals surface area contributed by atoms with Gasteiger partial charge in [-0.2, -0.15) is 4.39 Å². The van der Waals surface area contributed by atoms with Crippen LogP contribution in [0.3, 0.4) is 0 Å². The molecule has 0 radical (unpaired) electrons. The van der Waals surface area contributed by atoms with E-state index in [1.54, 1.807) is 0 Å². The van der Waals surface area contributed by atoms with Gasteiger partial charge in [-0.1, -0.05) is 15.9 Å². The Bertz CT molecular complexity index is 408. The second kappa shape index (κ2) is 6.48. The molecular weight excluding hydrogens is 304 g/mol. The van der Waals surface area contributed by atoms with Gasteiger partial charge in [-0.3, -0.25) is 0 Å². The molecule has 0 spiro atoms. The lowest BCUT2D eigenvalue weighted by Crippen LogP contribution is -2.21. The molecule has 2 nitrogen and oxygen atoms in total. The van der Waals surface area contributed by atoms with Crippen molar-refractivity contribution in [2.45, 2.75) is 31.7 Å². The summed E-state index contributed by atoms with van der Waals surface area (Å²) >= 11 is 3.11. The van der Waals surface area contributed by atoms with Crippen LogP contribution in [0.4, 0.5) is 8.78 Å². The van der Waals surface area contributed by atoms with Gasteiger partial charge in [0.05, 0.1) is 6.61 Å². The Labute approximate surface area is 114 Å². The van der Waals surface area contributed by atoms with Gasteiger partial charge in [-0.25, -0.2) is 4.39 Å². The fourth-order valence-corrected chi connectivity index (χ4v) is 2.56. The topological polar surface area (TPSA) is 21.3 Å². The smallest absolute Gasteiger partial charge is 0.200 e. The van der Waals surface area contributed by atoms with Crippen molar-refractivity contribution in [2.24, 2.45) is 0 Å². The molecule has 1 N–H and O–H groups in total. The average Bonchev–Trinajstić information content (AvgIpc) is 2.83. The van der Waals surface area contributed by atoms with Crippen LogP contribution in [0.15, 0.2) is 16.6 Å². The number of halogens is 3. The number of rotatable bonds is 5. The van der Waals surface area contributed by atoms with E-state index >= 15 is 0 Å². The summed E-state index contributed by atoms with van der Waals surface area (Å²) in [6, 6.07) is 3.09. The van der Waals surface area contributed by atoms with Crippen molar-refractivity contribution in [3.8, 4) is 5.75 Å². The predicted molar refractivity (Wildman–Crippen MR) is 69.8 cm³/mol. The van der Waals surface area contributed by atoms with E-state index < -0.39 is 11.6 Å². The van der Waals surface area contributed by atoms with E-state index in [2.05, 4.69) is 21.2 Å². The van der Waals surface area contributed by atoms with Gasteiger partial charge in [-0.15, -0.1) is 0 Å². The molecule has 0 aromatic heterocycles. The van der Waals surface area contributed by atoms with Crippen molar-refractivity contribution >= 4 is 15.9 Å². The van der Waals surface area contributed by atoms with Crippen molar-refractivity contribution in [3.63, 3.8) is 0 Å². The molecule has 1 aliphatic heterocycles. The second-order valence-electron chi connectivity index (χ2n) is 4.48. The third-order valence-corrected chi connectivity index (χ3v) is 3.53. The van der Waals surface area contributed by atoms with Gasteiger partial charge in [0.25, 0.3) is 0 Å². The number of benzene rings is 1. The van der Waals surface area contributed by atoms with E-state index in [-0.39, 0.29) is 5.75 Å². The standard InChI is InChI=1S/C13H16BrF2NO/c14-9-7-11(15)13(16)12(8-9)18-6-2-4-10-3-1-5-17-10/h7-8,10,17H,1-6H2. The molecule has 1 fully saturated rings. The Morgan fingerprint density at radius 1 is 1.39 bits per heavy atom. The quantitative estimate of drug-likeness (QED) is 0.661. The third-order valence-electron chi connectivity index (χ3n) is 3.08. The van der Waals surface area contributed by atoms with Crippen LogP contribution in [0.5, 0.6) is 5.75 Å². The molecule has 0 aliphatic carbocycles. The van der Waals surface area contributed by atoms with Gasteiger partial charge in [0.15, 0.2) is 11.6 Å². The molecule has 5 heteroatoms. The van der Waals surface area contributed by atoms with Crippen molar-refractivity contribution in [1.29, 1.82) is 0 Å². The first-order valence-electron chi connectivity index (χ1n) is 6.17. The number of hydrogen-bond donors (Lipinski definition) is 1. The summed E-state index contributed by atoms with van der Waals surface area (Å²) in [5, 5.41) is 3.39. The summed E-state index contributed by atoms with van der Waals surface area (Å²) in [5.74, 6) is -1.84. The maximum Gasteiger partial charge on any atom is 0.200 e. The number of hydrogen-bond acceptors (Lipinski definition) is 2. The maximum absolute atomic E-state index is 13.4. The Balaban J connectivity index is 1.79. The summed E-state index contributed by atoms with van der Waals surface area (Å²) in [7, 11) is 0. The highest BCUT2D eigenvalue weighted by molar-refractivity contribution is 9.10. The van der Waals surface area contributed by atoms with Crippen LogP contribution in [0.25, 0.3) is 0 Å². The van der Waals surface area contributed by atoms with Crippen molar-refractivity contribution in [3.05, 3.63) is 28.2 Å². The largest absolute Gasteiger partial charge is 0.490 e. The highest BCUT2D eigenvalue weighted by atomic mass is 79.9. The van der Waals surface area contributed by atoms with Crippen molar-refractivity contribution in [1.82, 2.24) is 5.32 Å². The molecule has 1 heterocycles. The molecule has 0 saturated carbocycles. The van der Waals surface area contributed by atoms with Crippen LogP contribution in [-0.2, 0) is 0 Å². The summed E-state index contributed by atoms with van der Waals surface area (Å²) in [4.78, 5) is 0. The van der Waals surface area contributed by atoms with Gasteiger partial charge in [0.1, 0.15) is 0 Å². The van der Waals surface area contributed by atoms with Crippen molar-refractivity contribution < 1.29 is 13.5 Å². The van der Waals surface area contributed by atoms with Crippen LogP contribution >= 0.6 is 15.9 Å². The molecule has 1 aromatic carbocycles. The molecular formula is C13H16BrF2NO. The summed E-state index contributed by atoms with van der Waals surface area (Å²) in [6.07, 6.45) is 4.26. The first-order chi connectivity index (χ1) is 8.66. The molecule has 0 amide bonds. The minimum atomic E-state index is -0.919. The lowest BCUT2D eigenvalue weighted by atomic mass is 10.1. The Hall–Kier alpha value is -0.680. The fraction of sp³-hybridized carbons (Fsp3) is 0.538. The van der Waals surface area contributed by atoms with Crippen LogP contribution in [0, 0.1) is 11.6 Å². The summed E-state index contributed by atoms with van der Waals surface area (Å²) in [6.45, 7) is 1.49. The SMILES string of the molecule is Fc1cc(Br)cc(OCCCC2CCCN2)c1F. The Kier molecular flexibility index (Phi) is 4.95. The zero-order valence-corrected chi connectivity index (χ0v) is 11.6. The second-order valence-corrected chi connectivity index (χ2v) is 5.40. The Morgan fingerprint density at radius 2 is 2.22 bits per heavy atom. The molecule has 1 aliphatic rings. The maximum atomic E-state index is 13.4. The normalized spacial score (nSPS) is 19.2. The van der Waals surface area contributed by atoms with Gasteiger partial charge in [0, 0.05) is 10.5 Å². The first-order valence-corrected chi connectivity index (χ1v) is 6.97. The first kappa shape index (κ1) is 13.7. The third kappa shape index (κ3) is 3.65. The Morgan fingerprint density at radius 3 is 2.94 bits per heavy atom. The highest BCUT2D eigenvalue weighted by Crippen LogP contribution is 2.25. The lowest BCUT2D eigenvalue weighted by Gasteiger charge is -2.11. The van der Waals surface area contributed by atoms with Gasteiger partial charge >= 0.3 is 0 Å². The lowest BCUT2D eigenvalue weighted by molar-refractivity contribution is 0.280. The van der Waals surface area contributed by atoms with E-state index in [1.165, 1.54) is 18.9 Å². The van der Waals surface area contributed by atoms with E-state index in [0.717, 1.165) is 25.5 Å². The molecule has 1 saturated heterocycles. The molecule has 100 valence electrons. The average molecular weight is 320 g/mol. The van der Waals surface area contributed by atoms with Crippen LogP contribution in [-0.4, -0.2) is 19.2 Å². The monoisotopic (exact) mass is 319 g/mol. The van der Waals surface area contributed by atoms with Gasteiger partial charge in [-0.05, 0) is 44.4 Å². The zero-order chi connectivity index (χ0) is 13.0. The molecule has 2 rings (SSSR count). The van der Waals surface area contributed by atoms with Crippen LogP contribution < -0.4 is 10.1 Å². The number of ether oxygens (including phenoxy) is 1. The minimum absolute atomic E-state index is 0.0266. The van der Waals surface area contributed by atoms with E-state index in [0.29, 0.717) is 17.1 Å². The van der Waals surface area contributed by atoms with Crippen LogP contribution in [0.1, 0.15) is 25.7 Å². The predicted octanol–water partition coefficient (Wildman–Crippen LogP) is 3.64. The van der Waals surface area contributed by atoms with E-state index in [4.69, 9.17) is 4.74 Å². The zero-order valence-electron chi connectivity index (χ0n) is 10.0. The number of nitrogens with one attached hydrogen (secondary N) is 1. The highest BCUT2D eigenvalue weighted by Gasteiger charge is 2.14. The molecule has 1 unspecified atom stereocenters. The van der Waals surface area contributed by atoms with Gasteiger partial charge in [0.2, 0.25) is 5.82 Å². The van der Waals surface area contributed by atoms with Crippen molar-refractivity contribution in [2.75, 3.05) is 13.2 Å². The minimum Gasteiger partial charge on any atom is -0.490 e. The summed E-state index contributed by atoms with van der Waals surface area (Å²) < 4.78 is 32.2. The summed E-state index contributed by atoms with van der Waals surface area (Å²) in [5.41, 5.74) is 0. The molecule has 18 heavy (non-hydrogen) atoms. The molecule has 1 aromatic rings. The fourth-order valence-electron chi connectivity index (χ4n) is 2.15. The molecule has 1 atom stereocenters. The van der Waals surface area contributed by atoms with E-state index in [1.807, 2.05) is 0 Å². The molecule has 0 bridgehead atoms. The van der Waals surface area contributed by atoms with Gasteiger partial charge < -0.3 is 10.1 Å². The van der Waals surface area contributed by atoms with Crippen LogP contribution in [0.2, 0.25) is 0 Å².